The average Bonchev–Trinajstić information content (AvgIpc) is 2.92. The molecule has 0 amide bonds. The zero-order valence-electron chi connectivity index (χ0n) is 20.0. The van der Waals surface area contributed by atoms with Gasteiger partial charge in [0.15, 0.2) is 0 Å². The molecule has 0 heterocycles. The Balaban J connectivity index is -0.000000126. The van der Waals surface area contributed by atoms with Crippen LogP contribution in [0.4, 0.5) is 0 Å². The molecule has 0 saturated heterocycles. The summed E-state index contributed by atoms with van der Waals surface area (Å²) < 4.78 is 10.9. The third kappa shape index (κ3) is 33.9. The molecule has 0 aromatic heterocycles. The molecule has 2 unspecified atom stereocenters. The number of aliphatic hydroxyl groups is 2. The Bertz CT molecular complexity index is 423. The smallest absolute Gasteiger partial charge is 0.512 e. The minimum absolute atomic E-state index is 0. The molecule has 0 aliphatic carbocycles. The molecule has 199 valence electrons. The van der Waals surface area contributed by atoms with Crippen molar-refractivity contribution in [3.05, 3.63) is 32.9 Å². The number of nitrogens with two attached hydrogens (primary N) is 4. The first-order chi connectivity index (χ1) is 16.5. The summed E-state index contributed by atoms with van der Waals surface area (Å²) in [5.74, 6) is 0. The van der Waals surface area contributed by atoms with E-state index in [1.54, 1.807) is 0 Å². The van der Waals surface area contributed by atoms with E-state index in [-0.39, 0.29) is 23.7 Å². The molecule has 13 nitrogen and oxygen atoms in total. The second kappa shape index (κ2) is 48.9. The number of nitrogens with zero attached hydrogens (tertiary/aromatic N) is 5. The monoisotopic (exact) mass is 536 g/mol. The van der Waals surface area contributed by atoms with E-state index in [1.165, 1.54) is 0 Å². The van der Waals surface area contributed by atoms with Gasteiger partial charge in [-0.25, -0.2) is 0 Å². The molecule has 35 heavy (non-hydrogen) atoms. The van der Waals surface area contributed by atoms with Crippen LogP contribution < -0.4 is 22.9 Å². The average molecular weight is 536 g/mol. The minimum Gasteiger partial charge on any atom is -0.512 e. The Morgan fingerprint density at radius 1 is 0.657 bits per heavy atom. The van der Waals surface area contributed by atoms with Gasteiger partial charge >= 0.3 is 17.1 Å². The summed E-state index contributed by atoms with van der Waals surface area (Å²) in [4.78, 5) is 0. The maximum atomic E-state index is 11.0. The van der Waals surface area contributed by atoms with Gasteiger partial charge in [-0.1, -0.05) is 0 Å². The Kier molecular flexibility index (Phi) is 69.5. The maximum Gasteiger partial charge on any atom is 5.00 e. The van der Waals surface area contributed by atoms with Crippen LogP contribution in [0.1, 0.15) is 38.5 Å². The molecule has 0 aliphatic heterocycles. The van der Waals surface area contributed by atoms with Crippen molar-refractivity contribution in [2.45, 2.75) is 56.2 Å². The Labute approximate surface area is 221 Å². The van der Waals surface area contributed by atoms with Gasteiger partial charge in [-0.05, 0) is 51.6 Å². The van der Waals surface area contributed by atoms with E-state index in [2.05, 4.69) is 0 Å². The largest absolute Gasteiger partial charge is 5.00 e. The standard InChI is InChI=1S/C16H38N4O4.5CN.Fe/c17-7-2-10-23-12-4-14(19)16(22,6-1-9-21)15(20)5-13-24-11-3-8-18;5*1-2;/h14-15,21-22H,1-13,17-20H2;;;;;;/q;5*-1;+5. The van der Waals surface area contributed by atoms with E-state index in [0.29, 0.717) is 65.2 Å². The first-order valence-electron chi connectivity index (χ1n) is 10.0. The van der Waals surface area contributed by atoms with Crippen molar-refractivity contribution in [1.82, 2.24) is 0 Å². The number of rotatable bonds is 17. The van der Waals surface area contributed by atoms with Gasteiger partial charge in [0.2, 0.25) is 0 Å². The van der Waals surface area contributed by atoms with Crippen LogP contribution in [0, 0.1) is 59.2 Å². The van der Waals surface area contributed by atoms with Gasteiger partial charge in [0, 0.05) is 45.1 Å². The second-order valence-electron chi connectivity index (χ2n) is 6.12. The van der Waals surface area contributed by atoms with E-state index in [0.717, 1.165) is 12.8 Å². The Hall–Kier alpha value is -2.35. The van der Waals surface area contributed by atoms with Crippen LogP contribution in [0.3, 0.4) is 0 Å². The van der Waals surface area contributed by atoms with Gasteiger partial charge in [0.05, 0.1) is 5.60 Å². The van der Waals surface area contributed by atoms with E-state index >= 15 is 0 Å². The third-order valence-electron chi connectivity index (χ3n) is 4.15. The molecule has 2 atom stereocenters. The fourth-order valence-corrected chi connectivity index (χ4v) is 2.50. The Morgan fingerprint density at radius 3 is 1.23 bits per heavy atom. The molecule has 0 aromatic carbocycles. The molecule has 10 N–H and O–H groups in total. The van der Waals surface area contributed by atoms with Crippen LogP contribution in [-0.4, -0.2) is 74.0 Å². The molecule has 0 rings (SSSR count). The molecule has 0 aliphatic rings. The third-order valence-corrected chi connectivity index (χ3v) is 4.15. The van der Waals surface area contributed by atoms with Crippen molar-refractivity contribution < 1.29 is 36.8 Å². The van der Waals surface area contributed by atoms with Crippen LogP contribution in [0.5, 0.6) is 0 Å². The van der Waals surface area contributed by atoms with Crippen molar-refractivity contribution >= 4 is 0 Å². The summed E-state index contributed by atoms with van der Waals surface area (Å²) >= 11 is 0. The minimum atomic E-state index is -1.25. The van der Waals surface area contributed by atoms with Crippen LogP contribution in [0.25, 0.3) is 0 Å². The van der Waals surface area contributed by atoms with Crippen molar-refractivity contribution in [2.24, 2.45) is 22.9 Å². The van der Waals surface area contributed by atoms with Crippen LogP contribution in [0.15, 0.2) is 0 Å². The first kappa shape index (κ1) is 49.7. The molecule has 0 saturated carbocycles. The predicted molar refractivity (Wildman–Crippen MR) is 120 cm³/mol. The van der Waals surface area contributed by atoms with Gasteiger partial charge in [0.1, 0.15) is 0 Å². The summed E-state index contributed by atoms with van der Waals surface area (Å²) in [7, 11) is 0. The number of hydrogen-bond donors (Lipinski definition) is 6. The summed E-state index contributed by atoms with van der Waals surface area (Å²) in [6.45, 7) is 27.0. The normalized spacial score (nSPS) is 11.8. The van der Waals surface area contributed by atoms with Gasteiger partial charge in [0.25, 0.3) is 0 Å². The summed E-state index contributed by atoms with van der Waals surface area (Å²) in [6, 6.07) is -1.05. The zero-order valence-corrected chi connectivity index (χ0v) is 21.1. The topological polar surface area (TPSA) is 282 Å². The number of ether oxygens (including phenoxy) is 2. The van der Waals surface area contributed by atoms with Crippen LogP contribution >= 0.6 is 0 Å². The predicted octanol–water partition coefficient (Wildman–Crippen LogP) is -0.865. The van der Waals surface area contributed by atoms with Crippen molar-refractivity contribution in [3.8, 4) is 0 Å². The van der Waals surface area contributed by atoms with Crippen molar-refractivity contribution in [3.63, 3.8) is 0 Å². The van der Waals surface area contributed by atoms with Crippen LogP contribution in [-0.2, 0) is 26.5 Å². The van der Waals surface area contributed by atoms with E-state index in [9.17, 15) is 5.11 Å². The molecular weight excluding hydrogens is 498 g/mol. The van der Waals surface area contributed by atoms with E-state index < -0.39 is 17.7 Å². The maximum absolute atomic E-state index is 11.0. The van der Waals surface area contributed by atoms with Crippen molar-refractivity contribution in [1.29, 1.82) is 26.3 Å². The van der Waals surface area contributed by atoms with Crippen molar-refractivity contribution in [2.75, 3.05) is 46.1 Å². The first-order valence-corrected chi connectivity index (χ1v) is 10.0. The zero-order chi connectivity index (χ0) is 28.3. The fourth-order valence-electron chi connectivity index (χ4n) is 2.50. The van der Waals surface area contributed by atoms with Gasteiger partial charge in [-0.2, -0.15) is 0 Å². The van der Waals surface area contributed by atoms with E-state index in [4.69, 9.17) is 96.7 Å². The van der Waals surface area contributed by atoms with Gasteiger partial charge in [-0.15, -0.1) is 0 Å². The second-order valence-corrected chi connectivity index (χ2v) is 6.12. The quantitative estimate of drug-likeness (QED) is 0.0750. The number of aliphatic hydroxyl groups excluding tert-OH is 1. The molecule has 0 fully saturated rings. The van der Waals surface area contributed by atoms with E-state index in [1.807, 2.05) is 0 Å². The molecule has 0 bridgehead atoms. The van der Waals surface area contributed by atoms with Gasteiger partial charge in [-0.3, -0.25) is 0 Å². The summed E-state index contributed by atoms with van der Waals surface area (Å²) in [5.41, 5.74) is 21.9. The molecule has 0 spiro atoms. The summed E-state index contributed by atoms with van der Waals surface area (Å²) in [6.07, 6.45) is 3.37. The molecule has 1 radical (unpaired) electrons. The Morgan fingerprint density at radius 2 is 0.971 bits per heavy atom. The molecule has 0 aromatic rings. The number of hydrogen-bond acceptors (Lipinski definition) is 13. The van der Waals surface area contributed by atoms with Gasteiger partial charge < -0.3 is 102 Å². The SMILES string of the molecule is NCCCOCCC(N)C(O)(CCCO)C(N)CCOCCCN.[C-]#N.[C-]#N.[C-]#N.[C-]#N.[C-]#N.[Fe+5]. The molecule has 14 heteroatoms. The fraction of sp³-hybridized carbons (Fsp3) is 0.762. The molecular formula is C21H38FeN9O4. The summed E-state index contributed by atoms with van der Waals surface area (Å²) in [5, 5.41) is 51.3. The van der Waals surface area contributed by atoms with Crippen LogP contribution in [0.2, 0.25) is 0 Å².